The molecule has 0 saturated carbocycles. The second-order valence-corrected chi connectivity index (χ2v) is 7.54. The van der Waals surface area contributed by atoms with Crippen LogP contribution in [0.25, 0.3) is 0 Å². The lowest BCUT2D eigenvalue weighted by atomic mass is 9.90. The van der Waals surface area contributed by atoms with Crippen molar-refractivity contribution in [2.24, 2.45) is 0 Å². The van der Waals surface area contributed by atoms with Gasteiger partial charge in [0.2, 0.25) is 0 Å². The first-order valence-electron chi connectivity index (χ1n) is 7.79. The minimum Gasteiger partial charge on any atom is -0.494 e. The van der Waals surface area contributed by atoms with E-state index in [0.717, 1.165) is 18.5 Å². The van der Waals surface area contributed by atoms with Gasteiger partial charge in [-0.3, -0.25) is 0 Å². The minimum atomic E-state index is -0.213. The van der Waals surface area contributed by atoms with E-state index in [2.05, 4.69) is 19.2 Å². The van der Waals surface area contributed by atoms with Gasteiger partial charge in [-0.05, 0) is 56.5 Å². The molecule has 1 saturated heterocycles. The minimum absolute atomic E-state index is 0.199. The zero-order chi connectivity index (χ0) is 15.3. The molecule has 1 N–H and O–H groups in total. The standard InChI is InChI=1S/C17H26FNOS/c1-4-10-19-15(17(2)9-6-11-21-17)12-13-7-5-8-14(20-3)16(13)18/h5,7-8,15,19H,4,6,9-12H2,1-3H3. The molecule has 2 unspecified atom stereocenters. The summed E-state index contributed by atoms with van der Waals surface area (Å²) in [5.41, 5.74) is 0.747. The van der Waals surface area contributed by atoms with Crippen LogP contribution in [0.5, 0.6) is 5.75 Å². The maximum absolute atomic E-state index is 14.4. The van der Waals surface area contributed by atoms with E-state index in [9.17, 15) is 4.39 Å². The van der Waals surface area contributed by atoms with Crippen molar-refractivity contribution in [3.05, 3.63) is 29.6 Å². The Labute approximate surface area is 131 Å². The number of nitrogens with one attached hydrogen (secondary N) is 1. The molecular weight excluding hydrogens is 285 g/mol. The molecule has 21 heavy (non-hydrogen) atoms. The van der Waals surface area contributed by atoms with Crippen molar-refractivity contribution < 1.29 is 9.13 Å². The molecule has 1 aliphatic rings. The number of hydrogen-bond donors (Lipinski definition) is 1. The molecule has 1 aliphatic heterocycles. The van der Waals surface area contributed by atoms with Crippen molar-refractivity contribution in [1.29, 1.82) is 0 Å². The largest absolute Gasteiger partial charge is 0.494 e. The van der Waals surface area contributed by atoms with Gasteiger partial charge in [0.25, 0.3) is 0 Å². The predicted molar refractivity (Wildman–Crippen MR) is 88.8 cm³/mol. The molecule has 1 fully saturated rings. The first-order valence-corrected chi connectivity index (χ1v) is 8.78. The van der Waals surface area contributed by atoms with E-state index in [-0.39, 0.29) is 10.6 Å². The second-order valence-electron chi connectivity index (χ2n) is 5.91. The Hall–Kier alpha value is -0.740. The maximum atomic E-state index is 14.4. The molecule has 1 aromatic carbocycles. The van der Waals surface area contributed by atoms with Crippen LogP contribution in [0, 0.1) is 5.82 Å². The highest BCUT2D eigenvalue weighted by molar-refractivity contribution is 8.00. The van der Waals surface area contributed by atoms with Gasteiger partial charge in [-0.1, -0.05) is 19.1 Å². The zero-order valence-corrected chi connectivity index (χ0v) is 14.1. The number of hydrogen-bond acceptors (Lipinski definition) is 3. The van der Waals surface area contributed by atoms with Crippen molar-refractivity contribution in [1.82, 2.24) is 5.32 Å². The Morgan fingerprint density at radius 2 is 2.29 bits per heavy atom. The van der Waals surface area contributed by atoms with Crippen LogP contribution >= 0.6 is 11.8 Å². The van der Waals surface area contributed by atoms with Crippen LogP contribution in [0.3, 0.4) is 0 Å². The lowest BCUT2D eigenvalue weighted by Gasteiger charge is -2.34. The Morgan fingerprint density at radius 3 is 2.90 bits per heavy atom. The molecule has 0 aliphatic carbocycles. The Kier molecular flexibility index (Phi) is 5.94. The third-order valence-electron chi connectivity index (χ3n) is 4.31. The molecule has 0 amide bonds. The monoisotopic (exact) mass is 311 g/mol. The molecular formula is C17H26FNOS. The molecule has 2 atom stereocenters. The maximum Gasteiger partial charge on any atom is 0.168 e. The van der Waals surface area contributed by atoms with Crippen LogP contribution in [-0.4, -0.2) is 30.2 Å². The summed E-state index contributed by atoms with van der Waals surface area (Å²) in [6, 6.07) is 5.73. The molecule has 4 heteroatoms. The third-order valence-corrected chi connectivity index (χ3v) is 5.96. The molecule has 1 aromatic rings. The van der Waals surface area contributed by atoms with Crippen LogP contribution in [0.2, 0.25) is 0 Å². The van der Waals surface area contributed by atoms with Crippen LogP contribution in [0.4, 0.5) is 4.39 Å². The van der Waals surface area contributed by atoms with Gasteiger partial charge < -0.3 is 10.1 Å². The van der Waals surface area contributed by atoms with E-state index in [1.54, 1.807) is 6.07 Å². The Morgan fingerprint density at radius 1 is 1.48 bits per heavy atom. The fourth-order valence-electron chi connectivity index (χ4n) is 2.99. The highest BCUT2D eigenvalue weighted by Crippen LogP contribution is 2.41. The SMILES string of the molecule is CCCNC(Cc1cccc(OC)c1F)C1(C)CCCS1. The third kappa shape index (κ3) is 3.92. The van der Waals surface area contributed by atoms with Crippen molar-refractivity contribution >= 4 is 11.8 Å². The summed E-state index contributed by atoms with van der Waals surface area (Å²) in [6.45, 7) is 5.46. The molecule has 2 nitrogen and oxygen atoms in total. The van der Waals surface area contributed by atoms with E-state index in [1.165, 1.54) is 25.7 Å². The van der Waals surface area contributed by atoms with Crippen LogP contribution in [0.1, 0.15) is 38.7 Å². The van der Waals surface area contributed by atoms with Gasteiger partial charge in [-0.15, -0.1) is 0 Å². The highest BCUT2D eigenvalue weighted by atomic mass is 32.2. The summed E-state index contributed by atoms with van der Waals surface area (Å²) < 4.78 is 19.7. The summed E-state index contributed by atoms with van der Waals surface area (Å²) in [7, 11) is 1.52. The van der Waals surface area contributed by atoms with E-state index in [1.807, 2.05) is 23.9 Å². The van der Waals surface area contributed by atoms with E-state index in [0.29, 0.717) is 18.2 Å². The van der Waals surface area contributed by atoms with Crippen molar-refractivity contribution in [3.8, 4) is 5.75 Å². The first-order chi connectivity index (χ1) is 10.1. The van der Waals surface area contributed by atoms with E-state index < -0.39 is 0 Å². The van der Waals surface area contributed by atoms with Crippen LogP contribution in [0.15, 0.2) is 18.2 Å². The smallest absolute Gasteiger partial charge is 0.168 e. The molecule has 118 valence electrons. The fourth-order valence-corrected chi connectivity index (χ4v) is 4.40. The Bertz CT molecular complexity index is 460. The lowest BCUT2D eigenvalue weighted by molar-refractivity contribution is 0.372. The molecule has 0 spiro atoms. The zero-order valence-electron chi connectivity index (χ0n) is 13.2. The number of thioether (sulfide) groups is 1. The van der Waals surface area contributed by atoms with Gasteiger partial charge in [0, 0.05) is 10.8 Å². The van der Waals surface area contributed by atoms with E-state index in [4.69, 9.17) is 4.74 Å². The molecule has 2 rings (SSSR count). The molecule has 0 bridgehead atoms. The summed E-state index contributed by atoms with van der Waals surface area (Å²) in [6.07, 6.45) is 4.26. The number of methoxy groups -OCH3 is 1. The number of benzene rings is 1. The molecule has 0 radical (unpaired) electrons. The molecule has 1 heterocycles. The number of ether oxygens (including phenoxy) is 1. The number of rotatable bonds is 7. The fraction of sp³-hybridized carbons (Fsp3) is 0.647. The molecule has 0 aromatic heterocycles. The Balaban J connectivity index is 2.18. The second kappa shape index (κ2) is 7.50. The van der Waals surface area contributed by atoms with Gasteiger partial charge >= 0.3 is 0 Å². The van der Waals surface area contributed by atoms with Gasteiger partial charge in [0.05, 0.1) is 7.11 Å². The highest BCUT2D eigenvalue weighted by Gasteiger charge is 2.37. The van der Waals surface area contributed by atoms with Gasteiger partial charge in [0.15, 0.2) is 11.6 Å². The first kappa shape index (κ1) is 16.6. The van der Waals surface area contributed by atoms with E-state index >= 15 is 0 Å². The average molecular weight is 311 g/mol. The average Bonchev–Trinajstić information content (AvgIpc) is 2.93. The summed E-state index contributed by atoms with van der Waals surface area (Å²) in [4.78, 5) is 0. The van der Waals surface area contributed by atoms with Crippen LogP contribution < -0.4 is 10.1 Å². The normalized spacial score (nSPS) is 23.2. The van der Waals surface area contributed by atoms with Crippen molar-refractivity contribution in [2.75, 3.05) is 19.4 Å². The summed E-state index contributed by atoms with van der Waals surface area (Å²) in [5, 5.41) is 3.64. The van der Waals surface area contributed by atoms with Gasteiger partial charge in [-0.2, -0.15) is 11.8 Å². The predicted octanol–water partition coefficient (Wildman–Crippen LogP) is 4.03. The summed E-state index contributed by atoms with van der Waals surface area (Å²) in [5.74, 6) is 1.34. The van der Waals surface area contributed by atoms with Gasteiger partial charge in [0.1, 0.15) is 0 Å². The lowest BCUT2D eigenvalue weighted by Crippen LogP contribution is -2.47. The quantitative estimate of drug-likeness (QED) is 0.821. The topological polar surface area (TPSA) is 21.3 Å². The number of halogens is 1. The van der Waals surface area contributed by atoms with Gasteiger partial charge in [-0.25, -0.2) is 4.39 Å². The van der Waals surface area contributed by atoms with Crippen molar-refractivity contribution in [2.45, 2.75) is 50.3 Å². The summed E-state index contributed by atoms with van der Waals surface area (Å²) >= 11 is 2.02. The van der Waals surface area contributed by atoms with Crippen LogP contribution in [-0.2, 0) is 6.42 Å². The van der Waals surface area contributed by atoms with Crippen molar-refractivity contribution in [3.63, 3.8) is 0 Å².